The zero-order valence-corrected chi connectivity index (χ0v) is 11.2. The van der Waals surface area contributed by atoms with E-state index in [4.69, 9.17) is 0 Å². The molecule has 2 spiro atoms. The highest BCUT2D eigenvalue weighted by Crippen LogP contribution is 2.63. The molecule has 0 saturated heterocycles. The maximum absolute atomic E-state index is 2.59. The molecule has 0 bridgehead atoms. The first kappa shape index (κ1) is 11.1. The van der Waals surface area contributed by atoms with Gasteiger partial charge in [-0.05, 0) is 61.2 Å². The third-order valence-corrected chi connectivity index (χ3v) is 7.00. The first-order valence-corrected chi connectivity index (χ1v) is 7.69. The summed E-state index contributed by atoms with van der Waals surface area (Å²) in [6, 6.07) is 0. The first-order valence-electron chi connectivity index (χ1n) is 7.69. The fourth-order valence-electron chi connectivity index (χ4n) is 5.58. The van der Waals surface area contributed by atoms with Gasteiger partial charge < -0.3 is 0 Å². The van der Waals surface area contributed by atoms with Crippen molar-refractivity contribution in [2.45, 2.75) is 78.1 Å². The summed E-state index contributed by atoms with van der Waals surface area (Å²) in [7, 11) is 0. The molecule has 0 aromatic heterocycles. The monoisotopic (exact) mass is 220 g/mol. The summed E-state index contributed by atoms with van der Waals surface area (Å²) in [5.41, 5.74) is 1.57. The Labute approximate surface area is 101 Å². The molecule has 3 saturated carbocycles. The molecule has 2 atom stereocenters. The molecule has 92 valence electrons. The van der Waals surface area contributed by atoms with Gasteiger partial charge in [-0.15, -0.1) is 0 Å². The predicted molar refractivity (Wildman–Crippen MR) is 69.4 cm³/mol. The van der Waals surface area contributed by atoms with Crippen LogP contribution < -0.4 is 0 Å². The lowest BCUT2D eigenvalue weighted by atomic mass is 9.52. The van der Waals surface area contributed by atoms with E-state index in [-0.39, 0.29) is 0 Å². The van der Waals surface area contributed by atoms with Crippen molar-refractivity contribution in [1.82, 2.24) is 0 Å². The van der Waals surface area contributed by atoms with Crippen LogP contribution in [-0.4, -0.2) is 0 Å². The standard InChI is InChI=1S/C16H28/c1-13-14(2)16(9-5-6-10-16)12-11-15(13)7-3-4-8-15/h13-14H,3-12H2,1-2H3. The fraction of sp³-hybridized carbons (Fsp3) is 1.00. The number of hydrogen-bond donors (Lipinski definition) is 0. The molecule has 0 heterocycles. The van der Waals surface area contributed by atoms with Crippen LogP contribution in [0.15, 0.2) is 0 Å². The molecule has 3 fully saturated rings. The van der Waals surface area contributed by atoms with E-state index in [9.17, 15) is 0 Å². The Morgan fingerprint density at radius 3 is 1.19 bits per heavy atom. The second-order valence-electron chi connectivity index (χ2n) is 7.22. The van der Waals surface area contributed by atoms with Gasteiger partial charge in [0.1, 0.15) is 0 Å². The number of rotatable bonds is 0. The number of hydrogen-bond acceptors (Lipinski definition) is 0. The highest BCUT2D eigenvalue weighted by atomic mass is 14.6. The first-order chi connectivity index (χ1) is 7.69. The molecule has 2 unspecified atom stereocenters. The van der Waals surface area contributed by atoms with E-state index in [1.165, 1.54) is 25.7 Å². The molecule has 0 aliphatic heterocycles. The Hall–Kier alpha value is 0. The van der Waals surface area contributed by atoms with Crippen molar-refractivity contribution < 1.29 is 0 Å². The highest BCUT2D eigenvalue weighted by Gasteiger charge is 2.52. The molecule has 0 amide bonds. The van der Waals surface area contributed by atoms with E-state index >= 15 is 0 Å². The molecule has 0 heteroatoms. The van der Waals surface area contributed by atoms with Crippen LogP contribution in [0.1, 0.15) is 78.1 Å². The van der Waals surface area contributed by atoms with Crippen LogP contribution in [0.5, 0.6) is 0 Å². The third-order valence-electron chi connectivity index (χ3n) is 7.00. The van der Waals surface area contributed by atoms with Crippen LogP contribution >= 0.6 is 0 Å². The Morgan fingerprint density at radius 1 is 0.562 bits per heavy atom. The van der Waals surface area contributed by atoms with Crippen molar-refractivity contribution in [3.63, 3.8) is 0 Å². The molecule has 3 aliphatic carbocycles. The topological polar surface area (TPSA) is 0 Å². The normalized spacial score (nSPS) is 40.9. The second-order valence-corrected chi connectivity index (χ2v) is 7.22. The molecule has 0 radical (unpaired) electrons. The van der Waals surface area contributed by atoms with Gasteiger partial charge in [0.2, 0.25) is 0 Å². The molecule has 0 nitrogen and oxygen atoms in total. The summed E-state index contributed by atoms with van der Waals surface area (Å²) in [6.07, 6.45) is 15.4. The fourth-order valence-corrected chi connectivity index (χ4v) is 5.58. The van der Waals surface area contributed by atoms with Crippen LogP contribution in [0.4, 0.5) is 0 Å². The smallest absolute Gasteiger partial charge is 0.0269 e. The van der Waals surface area contributed by atoms with E-state index in [1.807, 2.05) is 0 Å². The molecule has 0 aromatic rings. The lowest BCUT2D eigenvalue weighted by molar-refractivity contribution is -0.0335. The quantitative estimate of drug-likeness (QED) is 0.528. The summed E-state index contributed by atoms with van der Waals surface area (Å²) in [5, 5.41) is 0. The summed E-state index contributed by atoms with van der Waals surface area (Å²) >= 11 is 0. The second kappa shape index (κ2) is 3.75. The van der Waals surface area contributed by atoms with E-state index in [1.54, 1.807) is 38.5 Å². The molecular formula is C16H28. The van der Waals surface area contributed by atoms with E-state index < -0.39 is 0 Å². The molecular weight excluding hydrogens is 192 g/mol. The SMILES string of the molecule is CC1C(C)C2(CCCC2)CCC12CCCC2. The molecule has 3 aliphatic rings. The lowest BCUT2D eigenvalue weighted by Gasteiger charge is -2.53. The molecule has 0 N–H and O–H groups in total. The lowest BCUT2D eigenvalue weighted by Crippen LogP contribution is -2.44. The highest BCUT2D eigenvalue weighted by molar-refractivity contribution is 5.03. The van der Waals surface area contributed by atoms with Crippen molar-refractivity contribution in [3.05, 3.63) is 0 Å². The Morgan fingerprint density at radius 2 is 0.875 bits per heavy atom. The van der Waals surface area contributed by atoms with Crippen molar-refractivity contribution >= 4 is 0 Å². The van der Waals surface area contributed by atoms with Gasteiger partial charge in [0.05, 0.1) is 0 Å². The van der Waals surface area contributed by atoms with Gasteiger partial charge >= 0.3 is 0 Å². The van der Waals surface area contributed by atoms with E-state index in [2.05, 4.69) is 13.8 Å². The largest absolute Gasteiger partial charge is 0.0617 e. The van der Waals surface area contributed by atoms with Crippen molar-refractivity contribution in [2.24, 2.45) is 22.7 Å². The molecule has 3 rings (SSSR count). The zero-order chi connectivity index (χ0) is 11.2. The Bertz CT molecular complexity index is 225. The average molecular weight is 220 g/mol. The van der Waals surface area contributed by atoms with E-state index in [0.29, 0.717) is 0 Å². The summed E-state index contributed by atoms with van der Waals surface area (Å²) in [6.45, 7) is 5.18. The van der Waals surface area contributed by atoms with Crippen molar-refractivity contribution in [3.8, 4) is 0 Å². The van der Waals surface area contributed by atoms with Gasteiger partial charge in [-0.3, -0.25) is 0 Å². The van der Waals surface area contributed by atoms with Crippen molar-refractivity contribution in [2.75, 3.05) is 0 Å². The van der Waals surface area contributed by atoms with Gasteiger partial charge in [-0.2, -0.15) is 0 Å². The average Bonchev–Trinajstić information content (AvgIpc) is 2.93. The van der Waals surface area contributed by atoms with Gasteiger partial charge in [-0.25, -0.2) is 0 Å². The van der Waals surface area contributed by atoms with Crippen LogP contribution in [0.3, 0.4) is 0 Å². The van der Waals surface area contributed by atoms with Crippen LogP contribution in [0.25, 0.3) is 0 Å². The van der Waals surface area contributed by atoms with Crippen LogP contribution in [-0.2, 0) is 0 Å². The minimum atomic E-state index is 0.785. The predicted octanol–water partition coefficient (Wildman–Crippen LogP) is 5.17. The maximum atomic E-state index is 2.59. The van der Waals surface area contributed by atoms with Gasteiger partial charge in [0.15, 0.2) is 0 Å². The summed E-state index contributed by atoms with van der Waals surface area (Å²) < 4.78 is 0. The van der Waals surface area contributed by atoms with Crippen molar-refractivity contribution in [1.29, 1.82) is 0 Å². The van der Waals surface area contributed by atoms with E-state index in [0.717, 1.165) is 22.7 Å². The van der Waals surface area contributed by atoms with Crippen LogP contribution in [0.2, 0.25) is 0 Å². The minimum absolute atomic E-state index is 0.785. The molecule has 16 heavy (non-hydrogen) atoms. The van der Waals surface area contributed by atoms with Gasteiger partial charge in [0, 0.05) is 0 Å². The third kappa shape index (κ3) is 1.41. The van der Waals surface area contributed by atoms with Gasteiger partial charge in [-0.1, -0.05) is 39.5 Å². The summed E-state index contributed by atoms with van der Waals surface area (Å²) in [4.78, 5) is 0. The minimum Gasteiger partial charge on any atom is -0.0617 e. The van der Waals surface area contributed by atoms with Gasteiger partial charge in [0.25, 0.3) is 0 Å². The maximum Gasteiger partial charge on any atom is -0.0269 e. The Kier molecular flexibility index (Phi) is 2.60. The Balaban J connectivity index is 1.82. The molecule has 0 aromatic carbocycles. The summed E-state index contributed by atoms with van der Waals surface area (Å²) in [5.74, 6) is 2.00. The van der Waals surface area contributed by atoms with Crippen LogP contribution in [0, 0.1) is 22.7 Å². The zero-order valence-electron chi connectivity index (χ0n) is 11.2.